The summed E-state index contributed by atoms with van der Waals surface area (Å²) in [5.41, 5.74) is 2.83. The summed E-state index contributed by atoms with van der Waals surface area (Å²) in [7, 11) is 1.74. The van der Waals surface area contributed by atoms with Crippen molar-refractivity contribution in [2.24, 2.45) is 0 Å². The lowest BCUT2D eigenvalue weighted by molar-refractivity contribution is -0.384. The molecule has 7 heteroatoms. The summed E-state index contributed by atoms with van der Waals surface area (Å²) >= 11 is 0. The number of anilines is 2. The van der Waals surface area contributed by atoms with Crippen molar-refractivity contribution in [3.05, 3.63) is 64.2 Å². The molecule has 1 saturated heterocycles. The van der Waals surface area contributed by atoms with Crippen LogP contribution in [0, 0.1) is 10.1 Å². The molecule has 2 aromatic carbocycles. The first-order valence-corrected chi connectivity index (χ1v) is 8.96. The van der Waals surface area contributed by atoms with Gasteiger partial charge in [-0.15, -0.1) is 0 Å². The highest BCUT2D eigenvalue weighted by molar-refractivity contribution is 5.91. The maximum atomic E-state index is 12.1. The Bertz CT molecular complexity index is 790. The Balaban J connectivity index is 1.48. The van der Waals surface area contributed by atoms with E-state index < -0.39 is 4.92 Å². The number of nitro groups is 1. The van der Waals surface area contributed by atoms with E-state index in [1.54, 1.807) is 19.2 Å². The van der Waals surface area contributed by atoms with Crippen LogP contribution in [0.15, 0.2) is 48.5 Å². The Morgan fingerprint density at radius 1 is 1.22 bits per heavy atom. The quantitative estimate of drug-likeness (QED) is 0.597. The molecule has 0 bridgehead atoms. The van der Waals surface area contributed by atoms with E-state index in [4.69, 9.17) is 4.74 Å². The number of hydrogen-bond acceptors (Lipinski definition) is 5. The number of amides is 1. The molecule has 1 fully saturated rings. The molecule has 7 nitrogen and oxygen atoms in total. The monoisotopic (exact) mass is 369 g/mol. The third-order valence-electron chi connectivity index (χ3n) is 4.78. The number of nitro benzene ring substituents is 1. The Morgan fingerprint density at radius 2 is 1.93 bits per heavy atom. The van der Waals surface area contributed by atoms with E-state index >= 15 is 0 Å². The van der Waals surface area contributed by atoms with Crippen LogP contribution in [0.4, 0.5) is 17.1 Å². The van der Waals surface area contributed by atoms with Gasteiger partial charge in [-0.25, -0.2) is 0 Å². The Labute approximate surface area is 158 Å². The number of nitrogens with zero attached hydrogens (tertiary/aromatic N) is 2. The van der Waals surface area contributed by atoms with Crippen molar-refractivity contribution in [3.8, 4) is 0 Å². The first-order chi connectivity index (χ1) is 13.0. The second kappa shape index (κ2) is 8.64. The van der Waals surface area contributed by atoms with Crippen LogP contribution in [0.25, 0.3) is 0 Å². The van der Waals surface area contributed by atoms with Crippen LogP contribution in [-0.2, 0) is 16.0 Å². The predicted octanol–water partition coefficient (Wildman–Crippen LogP) is 3.39. The Morgan fingerprint density at radius 3 is 2.52 bits per heavy atom. The molecule has 0 radical (unpaired) electrons. The van der Waals surface area contributed by atoms with Crippen molar-refractivity contribution in [3.63, 3.8) is 0 Å². The molecule has 27 heavy (non-hydrogen) atoms. The first-order valence-electron chi connectivity index (χ1n) is 8.96. The van der Waals surface area contributed by atoms with Crippen molar-refractivity contribution in [2.75, 3.05) is 30.4 Å². The third-order valence-corrected chi connectivity index (χ3v) is 4.78. The van der Waals surface area contributed by atoms with Gasteiger partial charge in [0.2, 0.25) is 5.91 Å². The van der Waals surface area contributed by atoms with E-state index in [1.807, 2.05) is 24.3 Å². The number of nitrogens with one attached hydrogen (secondary N) is 1. The fourth-order valence-corrected chi connectivity index (χ4v) is 3.18. The van der Waals surface area contributed by atoms with E-state index in [2.05, 4.69) is 10.2 Å². The van der Waals surface area contributed by atoms with Crippen LogP contribution in [0.5, 0.6) is 0 Å². The lowest BCUT2D eigenvalue weighted by Gasteiger charge is -2.18. The minimum Gasteiger partial charge on any atom is -0.380 e. The minimum atomic E-state index is -0.433. The van der Waals surface area contributed by atoms with Crippen LogP contribution < -0.4 is 10.2 Å². The lowest BCUT2D eigenvalue weighted by Crippen LogP contribution is -2.22. The SMILES string of the molecule is COC1CCN(c2ccc(NC(=O)CCc3ccc([N+](=O)[O-])cc3)cc2)C1. The number of aryl methyl sites for hydroxylation is 1. The molecule has 0 aliphatic carbocycles. The standard InChI is InChI=1S/C20H23N3O4/c1-27-19-12-13-22(14-19)17-9-5-16(6-10-17)21-20(24)11-4-15-2-7-18(8-3-15)23(25)26/h2-3,5-10,19H,4,11-14H2,1H3,(H,21,24). The zero-order valence-corrected chi connectivity index (χ0v) is 15.3. The zero-order chi connectivity index (χ0) is 19.2. The number of hydrogen-bond donors (Lipinski definition) is 1. The molecule has 1 atom stereocenters. The highest BCUT2D eigenvalue weighted by atomic mass is 16.6. The van der Waals surface area contributed by atoms with Crippen LogP contribution in [0.3, 0.4) is 0 Å². The number of carbonyl (C=O) groups excluding carboxylic acids is 1. The van der Waals surface area contributed by atoms with Crippen molar-refractivity contribution in [1.82, 2.24) is 0 Å². The van der Waals surface area contributed by atoms with Crippen LogP contribution in [0.2, 0.25) is 0 Å². The molecule has 142 valence electrons. The van der Waals surface area contributed by atoms with Crippen LogP contribution in [-0.4, -0.2) is 37.1 Å². The molecule has 0 aromatic heterocycles. The fraction of sp³-hybridized carbons (Fsp3) is 0.350. The summed E-state index contributed by atoms with van der Waals surface area (Å²) in [5, 5.41) is 13.5. The van der Waals surface area contributed by atoms with E-state index in [0.717, 1.165) is 36.4 Å². The lowest BCUT2D eigenvalue weighted by atomic mass is 10.1. The Kier molecular flexibility index (Phi) is 6.03. The molecule has 1 amide bonds. The van der Waals surface area contributed by atoms with Gasteiger partial charge < -0.3 is 15.0 Å². The van der Waals surface area contributed by atoms with Gasteiger partial charge in [-0.2, -0.15) is 0 Å². The number of rotatable bonds is 7. The molecular formula is C20H23N3O4. The topological polar surface area (TPSA) is 84.7 Å². The third kappa shape index (κ3) is 5.04. The summed E-state index contributed by atoms with van der Waals surface area (Å²) in [5.74, 6) is -0.0817. The number of non-ortho nitro benzene ring substituents is 1. The maximum absolute atomic E-state index is 12.1. The van der Waals surface area contributed by atoms with Gasteiger partial charge in [-0.05, 0) is 42.7 Å². The average molecular weight is 369 g/mol. The van der Waals surface area contributed by atoms with Crippen LogP contribution in [0.1, 0.15) is 18.4 Å². The van der Waals surface area contributed by atoms with Gasteiger partial charge >= 0.3 is 0 Å². The molecule has 1 aliphatic rings. The summed E-state index contributed by atoms with van der Waals surface area (Å²) < 4.78 is 5.39. The van der Waals surface area contributed by atoms with Gasteiger partial charge in [0.15, 0.2) is 0 Å². The second-order valence-electron chi connectivity index (χ2n) is 6.61. The van der Waals surface area contributed by atoms with E-state index in [1.165, 1.54) is 12.1 Å². The molecular weight excluding hydrogens is 346 g/mol. The molecule has 1 heterocycles. The Hall–Kier alpha value is -2.93. The molecule has 0 spiro atoms. The van der Waals surface area contributed by atoms with Gasteiger partial charge in [0.05, 0.1) is 11.0 Å². The highest BCUT2D eigenvalue weighted by Gasteiger charge is 2.22. The van der Waals surface area contributed by atoms with E-state index in [0.29, 0.717) is 12.8 Å². The number of methoxy groups -OCH3 is 1. The average Bonchev–Trinajstić information content (AvgIpc) is 3.16. The normalized spacial score (nSPS) is 16.3. The maximum Gasteiger partial charge on any atom is 0.269 e. The number of benzene rings is 2. The minimum absolute atomic E-state index is 0.0538. The summed E-state index contributed by atoms with van der Waals surface area (Å²) in [6.45, 7) is 1.86. The predicted molar refractivity (Wildman–Crippen MR) is 104 cm³/mol. The zero-order valence-electron chi connectivity index (χ0n) is 15.3. The van der Waals surface area contributed by atoms with Crippen LogP contribution >= 0.6 is 0 Å². The van der Waals surface area contributed by atoms with E-state index in [-0.39, 0.29) is 17.7 Å². The van der Waals surface area contributed by atoms with Gasteiger partial charge in [0, 0.05) is 50.1 Å². The summed E-state index contributed by atoms with van der Waals surface area (Å²) in [6.07, 6.45) is 2.16. The smallest absolute Gasteiger partial charge is 0.269 e. The van der Waals surface area contributed by atoms with Crippen molar-refractivity contribution in [2.45, 2.75) is 25.4 Å². The number of carbonyl (C=O) groups is 1. The molecule has 0 saturated carbocycles. The molecule has 3 rings (SSSR count). The van der Waals surface area contributed by atoms with Gasteiger partial charge in [-0.3, -0.25) is 14.9 Å². The summed E-state index contributed by atoms with van der Waals surface area (Å²) in [4.78, 5) is 24.6. The molecule has 2 aromatic rings. The highest BCUT2D eigenvalue weighted by Crippen LogP contribution is 2.23. The fourth-order valence-electron chi connectivity index (χ4n) is 3.18. The molecule has 1 aliphatic heterocycles. The van der Waals surface area contributed by atoms with Crippen molar-refractivity contribution in [1.29, 1.82) is 0 Å². The van der Waals surface area contributed by atoms with Crippen molar-refractivity contribution < 1.29 is 14.5 Å². The van der Waals surface area contributed by atoms with Gasteiger partial charge in [0.25, 0.3) is 5.69 Å². The second-order valence-corrected chi connectivity index (χ2v) is 6.61. The first kappa shape index (κ1) is 18.8. The van der Waals surface area contributed by atoms with Gasteiger partial charge in [0.1, 0.15) is 0 Å². The van der Waals surface area contributed by atoms with Gasteiger partial charge in [-0.1, -0.05) is 12.1 Å². The molecule has 1 unspecified atom stereocenters. The molecule has 1 N–H and O–H groups in total. The summed E-state index contributed by atoms with van der Waals surface area (Å²) in [6, 6.07) is 14.1. The van der Waals surface area contributed by atoms with Crippen molar-refractivity contribution >= 4 is 23.0 Å². The number of ether oxygens (including phenoxy) is 1. The van der Waals surface area contributed by atoms with E-state index in [9.17, 15) is 14.9 Å². The largest absolute Gasteiger partial charge is 0.380 e.